The predicted octanol–water partition coefficient (Wildman–Crippen LogP) is 2.44. The number of amides is 3. The third kappa shape index (κ3) is 5.90. The first kappa shape index (κ1) is 26.3. The van der Waals surface area contributed by atoms with Crippen LogP contribution in [0.2, 0.25) is 0 Å². The molecule has 2 fully saturated rings. The van der Waals surface area contributed by atoms with Crippen molar-refractivity contribution >= 4 is 17.7 Å². The standard InChI is InChI=1S/C29H35N3O6/c1-36-13-3-4-21-16-20(7-8-22(21)17-31-11-14-37-15-12-31)19-38-26-6-2-5-23-24(26)18-32(29(23)35)25-9-10-27(33)30-28(25)34/h2,5-8,16,25H,3-4,9-15,17-19H2,1H3,(H,30,33,34). The van der Waals surface area contributed by atoms with Gasteiger partial charge in [-0.15, -0.1) is 0 Å². The summed E-state index contributed by atoms with van der Waals surface area (Å²) in [4.78, 5) is 41.0. The lowest BCUT2D eigenvalue weighted by Gasteiger charge is -2.29. The van der Waals surface area contributed by atoms with Gasteiger partial charge in [0.1, 0.15) is 18.4 Å². The Hall–Kier alpha value is -3.27. The minimum Gasteiger partial charge on any atom is -0.489 e. The number of carbonyl (C=O) groups is 3. The molecule has 1 N–H and O–H groups in total. The van der Waals surface area contributed by atoms with Crippen molar-refractivity contribution in [1.82, 2.24) is 15.1 Å². The number of ether oxygens (including phenoxy) is 3. The van der Waals surface area contributed by atoms with Crippen molar-refractivity contribution < 1.29 is 28.6 Å². The molecule has 1 unspecified atom stereocenters. The van der Waals surface area contributed by atoms with Crippen LogP contribution in [0.4, 0.5) is 0 Å². The molecule has 3 aliphatic rings. The zero-order chi connectivity index (χ0) is 26.5. The third-order valence-corrected chi connectivity index (χ3v) is 7.50. The van der Waals surface area contributed by atoms with E-state index in [2.05, 4.69) is 28.4 Å². The van der Waals surface area contributed by atoms with E-state index in [0.29, 0.717) is 30.9 Å². The average molecular weight is 522 g/mol. The average Bonchev–Trinajstić information content (AvgIpc) is 3.26. The molecule has 0 spiro atoms. The summed E-state index contributed by atoms with van der Waals surface area (Å²) in [5, 5.41) is 2.35. The summed E-state index contributed by atoms with van der Waals surface area (Å²) in [6.07, 6.45) is 2.44. The Morgan fingerprint density at radius 2 is 1.92 bits per heavy atom. The van der Waals surface area contributed by atoms with Gasteiger partial charge < -0.3 is 19.1 Å². The third-order valence-electron chi connectivity index (χ3n) is 7.50. The van der Waals surface area contributed by atoms with Crippen molar-refractivity contribution in [2.45, 2.75) is 51.4 Å². The molecule has 1 atom stereocenters. The molecule has 9 heteroatoms. The Balaban J connectivity index is 1.29. The molecule has 3 aliphatic heterocycles. The number of imide groups is 1. The van der Waals surface area contributed by atoms with Crippen molar-refractivity contribution in [3.05, 3.63) is 64.2 Å². The molecule has 0 bridgehead atoms. The van der Waals surface area contributed by atoms with Gasteiger partial charge >= 0.3 is 0 Å². The highest BCUT2D eigenvalue weighted by atomic mass is 16.5. The van der Waals surface area contributed by atoms with Gasteiger partial charge in [-0.25, -0.2) is 0 Å². The molecule has 38 heavy (non-hydrogen) atoms. The minimum absolute atomic E-state index is 0.201. The Labute approximate surface area is 223 Å². The predicted molar refractivity (Wildman–Crippen MR) is 140 cm³/mol. The molecule has 0 saturated carbocycles. The first-order valence-electron chi connectivity index (χ1n) is 13.3. The van der Waals surface area contributed by atoms with E-state index in [9.17, 15) is 14.4 Å². The van der Waals surface area contributed by atoms with Crippen molar-refractivity contribution in [3.63, 3.8) is 0 Å². The number of carbonyl (C=O) groups excluding carboxylic acids is 3. The van der Waals surface area contributed by atoms with Crippen LogP contribution in [-0.4, -0.2) is 73.6 Å². The van der Waals surface area contributed by atoms with Crippen LogP contribution >= 0.6 is 0 Å². The Bertz CT molecular complexity index is 1190. The number of fused-ring (bicyclic) bond motifs is 1. The number of rotatable bonds is 10. The van der Waals surface area contributed by atoms with Gasteiger partial charge in [0.05, 0.1) is 19.8 Å². The monoisotopic (exact) mass is 521 g/mol. The summed E-state index contributed by atoms with van der Waals surface area (Å²) >= 11 is 0. The minimum atomic E-state index is -0.644. The zero-order valence-corrected chi connectivity index (χ0v) is 21.9. The summed E-state index contributed by atoms with van der Waals surface area (Å²) in [5.41, 5.74) is 5.01. The first-order valence-corrected chi connectivity index (χ1v) is 13.3. The number of benzene rings is 2. The largest absolute Gasteiger partial charge is 0.489 e. The van der Waals surface area contributed by atoms with E-state index in [0.717, 1.165) is 56.8 Å². The maximum Gasteiger partial charge on any atom is 0.255 e. The van der Waals surface area contributed by atoms with E-state index in [1.807, 2.05) is 12.1 Å². The molecule has 2 aromatic rings. The van der Waals surface area contributed by atoms with Crippen LogP contribution in [0.3, 0.4) is 0 Å². The number of methoxy groups -OCH3 is 1. The van der Waals surface area contributed by atoms with Crippen LogP contribution in [0.25, 0.3) is 0 Å². The van der Waals surface area contributed by atoms with Gasteiger partial charge in [-0.3, -0.25) is 24.6 Å². The Morgan fingerprint density at radius 3 is 2.71 bits per heavy atom. The quantitative estimate of drug-likeness (QED) is 0.379. The fraction of sp³-hybridized carbons (Fsp3) is 0.483. The van der Waals surface area contributed by atoms with Crippen molar-refractivity contribution in [1.29, 1.82) is 0 Å². The van der Waals surface area contributed by atoms with Gasteiger partial charge in [0.25, 0.3) is 5.91 Å². The lowest BCUT2D eigenvalue weighted by molar-refractivity contribution is -0.136. The van der Waals surface area contributed by atoms with Crippen molar-refractivity contribution in [2.24, 2.45) is 0 Å². The lowest BCUT2D eigenvalue weighted by atomic mass is 9.99. The summed E-state index contributed by atoms with van der Waals surface area (Å²) in [6, 6.07) is 11.3. The number of nitrogens with one attached hydrogen (secondary N) is 1. The first-order chi connectivity index (χ1) is 18.5. The number of hydrogen-bond donors (Lipinski definition) is 1. The maximum absolute atomic E-state index is 13.1. The van der Waals surface area contributed by atoms with Crippen LogP contribution in [0.1, 0.15) is 51.9 Å². The van der Waals surface area contributed by atoms with E-state index in [1.165, 1.54) is 11.1 Å². The van der Waals surface area contributed by atoms with Crippen molar-refractivity contribution in [3.8, 4) is 5.75 Å². The molecule has 2 saturated heterocycles. The highest BCUT2D eigenvalue weighted by molar-refractivity contribution is 6.05. The topological polar surface area (TPSA) is 97.4 Å². The van der Waals surface area contributed by atoms with Crippen LogP contribution in [0.5, 0.6) is 5.75 Å². The zero-order valence-electron chi connectivity index (χ0n) is 21.9. The molecular formula is C29H35N3O6. The molecular weight excluding hydrogens is 486 g/mol. The summed E-state index contributed by atoms with van der Waals surface area (Å²) in [5.74, 6) is -0.267. The number of piperidine rings is 1. The van der Waals surface area contributed by atoms with E-state index in [1.54, 1.807) is 18.1 Å². The number of hydrogen-bond acceptors (Lipinski definition) is 7. The van der Waals surface area contributed by atoms with Crippen LogP contribution in [0, 0.1) is 0 Å². The van der Waals surface area contributed by atoms with E-state index in [4.69, 9.17) is 14.2 Å². The van der Waals surface area contributed by atoms with Crippen LogP contribution in [-0.2, 0) is 45.2 Å². The molecule has 2 aromatic carbocycles. The highest BCUT2D eigenvalue weighted by Gasteiger charge is 2.40. The van der Waals surface area contributed by atoms with E-state index >= 15 is 0 Å². The van der Waals surface area contributed by atoms with E-state index < -0.39 is 11.9 Å². The summed E-state index contributed by atoms with van der Waals surface area (Å²) in [7, 11) is 1.73. The SMILES string of the molecule is COCCCc1cc(COc2cccc3c2CN(C2CCC(=O)NC2=O)C3=O)ccc1CN1CCOCC1. The van der Waals surface area contributed by atoms with E-state index in [-0.39, 0.29) is 24.8 Å². The molecule has 9 nitrogen and oxygen atoms in total. The molecule has 3 heterocycles. The fourth-order valence-electron chi connectivity index (χ4n) is 5.42. The molecule has 3 amide bonds. The van der Waals surface area contributed by atoms with Gasteiger partial charge in [-0.05, 0) is 48.1 Å². The summed E-state index contributed by atoms with van der Waals surface area (Å²) in [6.45, 7) is 5.70. The second-order valence-electron chi connectivity index (χ2n) is 10.1. The van der Waals surface area contributed by atoms with Crippen LogP contribution < -0.4 is 10.1 Å². The maximum atomic E-state index is 13.1. The van der Waals surface area contributed by atoms with Gasteiger partial charge in [0.2, 0.25) is 11.8 Å². The van der Waals surface area contributed by atoms with Crippen LogP contribution in [0.15, 0.2) is 36.4 Å². The highest BCUT2D eigenvalue weighted by Crippen LogP contribution is 2.34. The lowest BCUT2D eigenvalue weighted by Crippen LogP contribution is -2.52. The molecule has 202 valence electrons. The molecule has 5 rings (SSSR count). The number of aryl methyl sites for hydroxylation is 1. The number of morpholine rings is 1. The second kappa shape index (κ2) is 12.1. The smallest absolute Gasteiger partial charge is 0.255 e. The molecule has 0 aromatic heterocycles. The molecule has 0 aliphatic carbocycles. The van der Waals surface area contributed by atoms with Gasteiger partial charge in [0.15, 0.2) is 0 Å². The van der Waals surface area contributed by atoms with Gasteiger partial charge in [0, 0.05) is 50.9 Å². The molecule has 0 radical (unpaired) electrons. The normalized spacial score (nSPS) is 20.0. The Kier molecular flexibility index (Phi) is 8.36. The second-order valence-corrected chi connectivity index (χ2v) is 10.1. The fourth-order valence-corrected chi connectivity index (χ4v) is 5.42. The number of nitrogens with zero attached hydrogens (tertiary/aromatic N) is 2. The Morgan fingerprint density at radius 1 is 1.08 bits per heavy atom. The van der Waals surface area contributed by atoms with Gasteiger partial charge in [-0.1, -0.05) is 24.3 Å². The summed E-state index contributed by atoms with van der Waals surface area (Å²) < 4.78 is 17.0. The van der Waals surface area contributed by atoms with Gasteiger partial charge in [-0.2, -0.15) is 0 Å². The van der Waals surface area contributed by atoms with Crippen molar-refractivity contribution in [2.75, 3.05) is 40.0 Å².